The molecule has 1 saturated heterocycles. The van der Waals surface area contributed by atoms with Crippen LogP contribution in [-0.2, 0) is 13.0 Å². The Bertz CT molecular complexity index is 918. The second-order valence-corrected chi connectivity index (χ2v) is 9.20. The van der Waals surface area contributed by atoms with E-state index in [9.17, 15) is 5.11 Å². The van der Waals surface area contributed by atoms with Gasteiger partial charge in [0.2, 0.25) is 0 Å². The van der Waals surface area contributed by atoms with Gasteiger partial charge < -0.3 is 14.7 Å². The third-order valence-corrected chi connectivity index (χ3v) is 6.63. The Morgan fingerprint density at radius 3 is 2.06 bits per heavy atom. The Kier molecular flexibility index (Phi) is 7.97. The molecule has 1 heterocycles. The van der Waals surface area contributed by atoms with Crippen LogP contribution < -0.4 is 4.74 Å². The van der Waals surface area contributed by atoms with Crippen molar-refractivity contribution in [1.29, 1.82) is 0 Å². The average molecular weight is 430 g/mol. The molecule has 4 rings (SSSR count). The second-order valence-electron chi connectivity index (χ2n) is 9.20. The van der Waals surface area contributed by atoms with Crippen LogP contribution in [0.4, 0.5) is 0 Å². The predicted molar refractivity (Wildman–Crippen MR) is 131 cm³/mol. The van der Waals surface area contributed by atoms with E-state index in [-0.39, 0.29) is 5.92 Å². The second kappa shape index (κ2) is 11.3. The van der Waals surface area contributed by atoms with Crippen LogP contribution >= 0.6 is 0 Å². The molecule has 0 unspecified atom stereocenters. The topological polar surface area (TPSA) is 32.7 Å². The number of rotatable bonds is 9. The van der Waals surface area contributed by atoms with Gasteiger partial charge in [-0.05, 0) is 73.0 Å². The maximum atomic E-state index is 10.9. The summed E-state index contributed by atoms with van der Waals surface area (Å²) in [4.78, 5) is 2.52. The summed E-state index contributed by atoms with van der Waals surface area (Å²) in [7, 11) is 0. The lowest BCUT2D eigenvalue weighted by molar-refractivity contribution is 0.0751. The van der Waals surface area contributed by atoms with Crippen LogP contribution in [0.2, 0.25) is 0 Å². The number of hydrogen-bond donors (Lipinski definition) is 1. The molecule has 0 radical (unpaired) electrons. The molecule has 3 aromatic rings. The van der Waals surface area contributed by atoms with Gasteiger partial charge in [0.25, 0.3) is 0 Å². The van der Waals surface area contributed by atoms with Crippen LogP contribution in [0, 0.1) is 11.8 Å². The number of piperidine rings is 1. The molecule has 0 aliphatic carbocycles. The van der Waals surface area contributed by atoms with E-state index in [1.807, 2.05) is 42.5 Å². The first-order chi connectivity index (χ1) is 15.7. The molecule has 0 amide bonds. The van der Waals surface area contributed by atoms with E-state index in [4.69, 9.17) is 4.74 Å². The quantitative estimate of drug-likeness (QED) is 0.460. The first kappa shape index (κ1) is 22.6. The van der Waals surface area contributed by atoms with Gasteiger partial charge in [0.15, 0.2) is 0 Å². The standard InChI is InChI=1S/C29H35NO2/c1-23(21-30-18-16-25(17-19-30)20-24-8-4-2-5-9-24)29(31)27-12-14-28(15-13-27)32-22-26-10-6-3-7-11-26/h2-15,23,25,29,31H,16-22H2,1H3/t23-,29-/m1/s1. The van der Waals surface area contributed by atoms with E-state index >= 15 is 0 Å². The lowest BCUT2D eigenvalue weighted by Crippen LogP contribution is -2.38. The van der Waals surface area contributed by atoms with Gasteiger partial charge in [0, 0.05) is 6.54 Å². The molecule has 2 atom stereocenters. The van der Waals surface area contributed by atoms with Crippen LogP contribution in [0.15, 0.2) is 84.9 Å². The summed E-state index contributed by atoms with van der Waals surface area (Å²) < 4.78 is 5.87. The van der Waals surface area contributed by atoms with Gasteiger partial charge in [-0.2, -0.15) is 0 Å². The summed E-state index contributed by atoms with van der Waals surface area (Å²) in [6, 6.07) is 28.9. The van der Waals surface area contributed by atoms with Crippen LogP contribution in [0.5, 0.6) is 5.75 Å². The normalized spacial score (nSPS) is 17.1. The SMILES string of the molecule is C[C@H](CN1CCC(Cc2ccccc2)CC1)[C@@H](O)c1ccc(OCc2ccccc2)cc1. The number of aliphatic hydroxyl groups is 1. The van der Waals surface area contributed by atoms with Gasteiger partial charge in [-0.25, -0.2) is 0 Å². The van der Waals surface area contributed by atoms with E-state index in [1.165, 1.54) is 24.8 Å². The molecule has 3 nitrogen and oxygen atoms in total. The maximum Gasteiger partial charge on any atom is 0.119 e. The highest BCUT2D eigenvalue weighted by Crippen LogP contribution is 2.27. The fraction of sp³-hybridized carbons (Fsp3) is 0.379. The summed E-state index contributed by atoms with van der Waals surface area (Å²) >= 11 is 0. The number of aliphatic hydroxyl groups excluding tert-OH is 1. The van der Waals surface area contributed by atoms with Gasteiger partial charge in [-0.1, -0.05) is 79.7 Å². The minimum absolute atomic E-state index is 0.191. The average Bonchev–Trinajstić information content (AvgIpc) is 2.85. The van der Waals surface area contributed by atoms with Gasteiger partial charge in [-0.15, -0.1) is 0 Å². The summed E-state index contributed by atoms with van der Waals surface area (Å²) in [6.45, 7) is 5.90. The zero-order valence-corrected chi connectivity index (χ0v) is 19.1. The van der Waals surface area contributed by atoms with Crippen molar-refractivity contribution in [1.82, 2.24) is 4.90 Å². The molecule has 0 spiro atoms. The van der Waals surface area contributed by atoms with Crippen LogP contribution in [0.3, 0.4) is 0 Å². The van der Waals surface area contributed by atoms with Crippen molar-refractivity contribution in [2.75, 3.05) is 19.6 Å². The Balaban J connectivity index is 1.22. The Morgan fingerprint density at radius 1 is 0.844 bits per heavy atom. The number of ether oxygens (including phenoxy) is 1. The van der Waals surface area contributed by atoms with Crippen LogP contribution in [0.1, 0.15) is 42.6 Å². The molecule has 0 saturated carbocycles. The first-order valence-electron chi connectivity index (χ1n) is 11.9. The smallest absolute Gasteiger partial charge is 0.119 e. The highest BCUT2D eigenvalue weighted by atomic mass is 16.5. The van der Waals surface area contributed by atoms with E-state index in [0.717, 1.165) is 42.4 Å². The van der Waals surface area contributed by atoms with Crippen molar-refractivity contribution < 1.29 is 9.84 Å². The molecule has 168 valence electrons. The zero-order chi connectivity index (χ0) is 22.2. The summed E-state index contributed by atoms with van der Waals surface area (Å²) in [6.07, 6.45) is 3.21. The molecule has 1 aliphatic rings. The van der Waals surface area contributed by atoms with Crippen molar-refractivity contribution in [2.24, 2.45) is 11.8 Å². The minimum atomic E-state index is -0.458. The molecule has 0 aromatic heterocycles. The van der Waals surface area contributed by atoms with Crippen molar-refractivity contribution >= 4 is 0 Å². The van der Waals surface area contributed by atoms with E-state index in [1.54, 1.807) is 0 Å². The summed E-state index contributed by atoms with van der Waals surface area (Å²) in [5, 5.41) is 10.9. The van der Waals surface area contributed by atoms with Gasteiger partial charge in [0.05, 0.1) is 6.10 Å². The Hall–Kier alpha value is -2.62. The fourth-order valence-corrected chi connectivity index (χ4v) is 4.66. The Labute approximate surface area is 192 Å². The first-order valence-corrected chi connectivity index (χ1v) is 11.9. The van der Waals surface area contributed by atoms with Crippen molar-refractivity contribution in [3.8, 4) is 5.75 Å². The number of likely N-dealkylation sites (tertiary alicyclic amines) is 1. The molecular formula is C29H35NO2. The van der Waals surface area contributed by atoms with E-state index in [0.29, 0.717) is 6.61 Å². The third kappa shape index (κ3) is 6.44. The van der Waals surface area contributed by atoms with Crippen molar-refractivity contribution in [3.63, 3.8) is 0 Å². The summed E-state index contributed by atoms with van der Waals surface area (Å²) in [5.74, 6) is 1.80. The monoisotopic (exact) mass is 429 g/mol. The molecule has 1 N–H and O–H groups in total. The van der Waals surface area contributed by atoms with E-state index in [2.05, 4.69) is 54.3 Å². The lowest BCUT2D eigenvalue weighted by atomic mass is 9.89. The van der Waals surface area contributed by atoms with Crippen LogP contribution in [0.25, 0.3) is 0 Å². The highest BCUT2D eigenvalue weighted by Gasteiger charge is 2.24. The Morgan fingerprint density at radius 2 is 1.44 bits per heavy atom. The molecule has 1 aliphatic heterocycles. The molecule has 1 fully saturated rings. The summed E-state index contributed by atoms with van der Waals surface area (Å²) in [5.41, 5.74) is 3.56. The maximum absolute atomic E-state index is 10.9. The molecule has 3 aromatic carbocycles. The number of benzene rings is 3. The van der Waals surface area contributed by atoms with Gasteiger partial charge in [-0.3, -0.25) is 0 Å². The lowest BCUT2D eigenvalue weighted by Gasteiger charge is -2.34. The van der Waals surface area contributed by atoms with Crippen LogP contribution in [-0.4, -0.2) is 29.6 Å². The molecule has 0 bridgehead atoms. The minimum Gasteiger partial charge on any atom is -0.489 e. The third-order valence-electron chi connectivity index (χ3n) is 6.63. The predicted octanol–water partition coefficient (Wildman–Crippen LogP) is 5.89. The highest BCUT2D eigenvalue weighted by molar-refractivity contribution is 5.29. The molecule has 3 heteroatoms. The van der Waals surface area contributed by atoms with E-state index < -0.39 is 6.10 Å². The van der Waals surface area contributed by atoms with Crippen molar-refractivity contribution in [3.05, 3.63) is 102 Å². The molecular weight excluding hydrogens is 394 g/mol. The fourth-order valence-electron chi connectivity index (χ4n) is 4.66. The number of nitrogens with zero attached hydrogens (tertiary/aromatic N) is 1. The molecule has 32 heavy (non-hydrogen) atoms. The van der Waals surface area contributed by atoms with Gasteiger partial charge >= 0.3 is 0 Å². The zero-order valence-electron chi connectivity index (χ0n) is 19.1. The largest absolute Gasteiger partial charge is 0.489 e. The number of hydrogen-bond acceptors (Lipinski definition) is 3. The van der Waals surface area contributed by atoms with Crippen molar-refractivity contribution in [2.45, 2.75) is 38.9 Å². The van der Waals surface area contributed by atoms with Gasteiger partial charge in [0.1, 0.15) is 12.4 Å².